The molecule has 1 heterocycles. The number of nitrogens with one attached hydrogen (secondary N) is 2. The Kier molecular flexibility index (Phi) is 5.93. The Hall–Kier alpha value is -1.93. The molecular weight excluding hydrogens is 354 g/mol. The van der Waals surface area contributed by atoms with Crippen LogP contribution in [0.5, 0.6) is 0 Å². The molecule has 142 valence electrons. The summed E-state index contributed by atoms with van der Waals surface area (Å²) >= 11 is 0. The van der Waals surface area contributed by atoms with E-state index >= 15 is 0 Å². The van der Waals surface area contributed by atoms with Crippen molar-refractivity contribution in [3.8, 4) is 0 Å². The van der Waals surface area contributed by atoms with Crippen LogP contribution >= 0.6 is 0 Å². The third-order valence-electron chi connectivity index (χ3n) is 5.07. The highest BCUT2D eigenvalue weighted by molar-refractivity contribution is 7.89. The molecule has 26 heavy (non-hydrogen) atoms. The molecule has 0 unspecified atom stereocenters. The van der Waals surface area contributed by atoms with Gasteiger partial charge in [-0.05, 0) is 43.9 Å². The molecule has 1 aliphatic carbocycles. The number of hydrazine groups is 1. The van der Waals surface area contributed by atoms with E-state index in [1.807, 2.05) is 0 Å². The van der Waals surface area contributed by atoms with E-state index in [0.717, 1.165) is 44.9 Å². The molecule has 2 fully saturated rings. The molecule has 1 aliphatic heterocycles. The first-order chi connectivity index (χ1) is 12.5. The summed E-state index contributed by atoms with van der Waals surface area (Å²) in [6.45, 7) is 1.02. The summed E-state index contributed by atoms with van der Waals surface area (Å²) in [5, 5.41) is 0. The maximum atomic E-state index is 12.7. The summed E-state index contributed by atoms with van der Waals surface area (Å²) in [6.07, 6.45) is 6.48. The zero-order valence-corrected chi connectivity index (χ0v) is 15.6. The van der Waals surface area contributed by atoms with Crippen molar-refractivity contribution in [1.82, 2.24) is 15.2 Å². The molecule has 0 radical (unpaired) electrons. The van der Waals surface area contributed by atoms with Crippen LogP contribution in [0.15, 0.2) is 29.2 Å². The van der Waals surface area contributed by atoms with E-state index in [2.05, 4.69) is 10.9 Å². The minimum atomic E-state index is -3.60. The quantitative estimate of drug-likeness (QED) is 0.780. The molecule has 1 aromatic rings. The van der Waals surface area contributed by atoms with Gasteiger partial charge in [-0.2, -0.15) is 4.31 Å². The van der Waals surface area contributed by atoms with Crippen molar-refractivity contribution < 1.29 is 18.0 Å². The number of benzene rings is 1. The molecule has 0 atom stereocenters. The molecule has 0 bridgehead atoms. The molecule has 0 spiro atoms. The Morgan fingerprint density at radius 1 is 0.962 bits per heavy atom. The van der Waals surface area contributed by atoms with Gasteiger partial charge in [-0.25, -0.2) is 8.42 Å². The van der Waals surface area contributed by atoms with Gasteiger partial charge in [0.25, 0.3) is 5.91 Å². The average Bonchev–Trinajstić information content (AvgIpc) is 3.21. The SMILES string of the molecule is O=C(NNC(=O)C1CCCC1)c1cccc(S(=O)(=O)N2CCCCC2)c1. The van der Waals surface area contributed by atoms with Crippen LogP contribution in [-0.2, 0) is 14.8 Å². The molecule has 7 nitrogen and oxygen atoms in total. The van der Waals surface area contributed by atoms with Crippen LogP contribution in [-0.4, -0.2) is 37.6 Å². The number of amides is 2. The number of sulfonamides is 1. The Morgan fingerprint density at radius 2 is 1.65 bits per heavy atom. The van der Waals surface area contributed by atoms with Gasteiger partial charge in [-0.3, -0.25) is 20.4 Å². The highest BCUT2D eigenvalue weighted by Gasteiger charge is 2.27. The fraction of sp³-hybridized carbons (Fsp3) is 0.556. The number of hydrogen-bond acceptors (Lipinski definition) is 4. The zero-order valence-electron chi connectivity index (χ0n) is 14.7. The molecule has 2 amide bonds. The van der Waals surface area contributed by atoms with Gasteiger partial charge in [0.2, 0.25) is 15.9 Å². The molecule has 0 aromatic heterocycles. The van der Waals surface area contributed by atoms with Crippen LogP contribution < -0.4 is 10.9 Å². The van der Waals surface area contributed by atoms with Crippen LogP contribution in [0.1, 0.15) is 55.3 Å². The normalized spacial score (nSPS) is 19.2. The van der Waals surface area contributed by atoms with Crippen LogP contribution in [0, 0.1) is 5.92 Å². The first kappa shape index (κ1) is 18.8. The van der Waals surface area contributed by atoms with Gasteiger partial charge in [0.15, 0.2) is 0 Å². The standard InChI is InChI=1S/C18H25N3O4S/c22-17(14-7-2-3-8-14)19-20-18(23)15-9-6-10-16(13-15)26(24,25)21-11-4-1-5-12-21/h6,9-10,13-14H,1-5,7-8,11-12H2,(H,19,22)(H,20,23). The topological polar surface area (TPSA) is 95.6 Å². The lowest BCUT2D eigenvalue weighted by molar-refractivity contribution is -0.125. The van der Waals surface area contributed by atoms with E-state index in [9.17, 15) is 18.0 Å². The van der Waals surface area contributed by atoms with Crippen LogP contribution in [0.4, 0.5) is 0 Å². The predicted octanol–water partition coefficient (Wildman–Crippen LogP) is 1.81. The zero-order chi connectivity index (χ0) is 18.6. The second kappa shape index (κ2) is 8.18. The lowest BCUT2D eigenvalue weighted by atomic mass is 10.1. The second-order valence-electron chi connectivity index (χ2n) is 6.92. The molecular formula is C18H25N3O4S. The third kappa shape index (κ3) is 4.24. The molecule has 8 heteroatoms. The minimum Gasteiger partial charge on any atom is -0.273 e. The first-order valence-electron chi connectivity index (χ1n) is 9.19. The predicted molar refractivity (Wildman–Crippen MR) is 96.6 cm³/mol. The highest BCUT2D eigenvalue weighted by Crippen LogP contribution is 2.24. The highest BCUT2D eigenvalue weighted by atomic mass is 32.2. The number of rotatable bonds is 4. The Balaban J connectivity index is 1.66. The molecule has 1 saturated heterocycles. The molecule has 2 aliphatic rings. The fourth-order valence-electron chi connectivity index (χ4n) is 3.53. The van der Waals surface area contributed by atoms with Crippen molar-refractivity contribution in [2.45, 2.75) is 49.8 Å². The lowest BCUT2D eigenvalue weighted by Gasteiger charge is -2.26. The van der Waals surface area contributed by atoms with E-state index < -0.39 is 15.9 Å². The van der Waals surface area contributed by atoms with Gasteiger partial charge >= 0.3 is 0 Å². The number of nitrogens with zero attached hydrogens (tertiary/aromatic N) is 1. The van der Waals surface area contributed by atoms with Gasteiger partial charge in [-0.15, -0.1) is 0 Å². The molecule has 2 N–H and O–H groups in total. The van der Waals surface area contributed by atoms with Gasteiger partial charge in [0.1, 0.15) is 0 Å². The van der Waals surface area contributed by atoms with E-state index in [4.69, 9.17) is 0 Å². The minimum absolute atomic E-state index is 0.0545. The maximum Gasteiger partial charge on any atom is 0.269 e. The summed E-state index contributed by atoms with van der Waals surface area (Å²) in [5.41, 5.74) is 5.04. The van der Waals surface area contributed by atoms with Crippen molar-refractivity contribution in [3.05, 3.63) is 29.8 Å². The number of carbonyl (C=O) groups excluding carboxylic acids is 2. The third-order valence-corrected chi connectivity index (χ3v) is 6.97. The Morgan fingerprint density at radius 3 is 2.35 bits per heavy atom. The van der Waals surface area contributed by atoms with Crippen molar-refractivity contribution in [1.29, 1.82) is 0 Å². The van der Waals surface area contributed by atoms with E-state index in [0.29, 0.717) is 13.1 Å². The number of hydrogen-bond donors (Lipinski definition) is 2. The van der Waals surface area contributed by atoms with Gasteiger partial charge in [0, 0.05) is 24.6 Å². The Bertz CT molecular complexity index is 766. The summed E-state index contributed by atoms with van der Waals surface area (Å²) in [7, 11) is -3.60. The maximum absolute atomic E-state index is 12.7. The van der Waals surface area contributed by atoms with Crippen LogP contribution in [0.3, 0.4) is 0 Å². The van der Waals surface area contributed by atoms with E-state index in [1.165, 1.54) is 22.5 Å². The summed E-state index contributed by atoms with van der Waals surface area (Å²) in [4.78, 5) is 24.4. The number of carbonyl (C=O) groups is 2. The smallest absolute Gasteiger partial charge is 0.269 e. The van der Waals surface area contributed by atoms with Crippen molar-refractivity contribution in [3.63, 3.8) is 0 Å². The summed E-state index contributed by atoms with van der Waals surface area (Å²) < 4.78 is 26.9. The van der Waals surface area contributed by atoms with Crippen molar-refractivity contribution in [2.24, 2.45) is 5.92 Å². The van der Waals surface area contributed by atoms with Crippen LogP contribution in [0.2, 0.25) is 0 Å². The van der Waals surface area contributed by atoms with Crippen molar-refractivity contribution in [2.75, 3.05) is 13.1 Å². The monoisotopic (exact) mass is 379 g/mol. The van der Waals surface area contributed by atoms with Gasteiger partial charge in [0.05, 0.1) is 4.90 Å². The fourth-order valence-corrected chi connectivity index (χ4v) is 5.10. The molecule has 1 saturated carbocycles. The van der Waals surface area contributed by atoms with Crippen LogP contribution in [0.25, 0.3) is 0 Å². The molecule has 3 rings (SSSR count). The largest absolute Gasteiger partial charge is 0.273 e. The van der Waals surface area contributed by atoms with E-state index in [1.54, 1.807) is 6.07 Å². The van der Waals surface area contributed by atoms with Gasteiger partial charge < -0.3 is 0 Å². The average molecular weight is 379 g/mol. The summed E-state index contributed by atoms with van der Waals surface area (Å²) in [5.74, 6) is -0.763. The Labute approximate surface area is 154 Å². The number of piperidine rings is 1. The summed E-state index contributed by atoms with van der Waals surface area (Å²) in [6, 6.07) is 5.94. The van der Waals surface area contributed by atoms with E-state index in [-0.39, 0.29) is 22.3 Å². The van der Waals surface area contributed by atoms with Crippen molar-refractivity contribution >= 4 is 21.8 Å². The van der Waals surface area contributed by atoms with Gasteiger partial charge in [-0.1, -0.05) is 25.3 Å². The lowest BCUT2D eigenvalue weighted by Crippen LogP contribution is -2.44. The first-order valence-corrected chi connectivity index (χ1v) is 10.6. The molecule has 1 aromatic carbocycles. The second-order valence-corrected chi connectivity index (χ2v) is 8.86.